The van der Waals surface area contributed by atoms with Crippen LogP contribution < -0.4 is 0 Å². The Kier molecular flexibility index (Phi) is 7.08. The van der Waals surface area contributed by atoms with Crippen LogP contribution in [-0.2, 0) is 23.2 Å². The molecule has 0 saturated carbocycles. The van der Waals surface area contributed by atoms with Crippen LogP contribution in [0.15, 0.2) is 47.6 Å². The lowest BCUT2D eigenvalue weighted by Crippen LogP contribution is -2.35. The summed E-state index contributed by atoms with van der Waals surface area (Å²) in [7, 11) is -2.11. The van der Waals surface area contributed by atoms with E-state index in [4.69, 9.17) is 0 Å². The zero-order valence-corrected chi connectivity index (χ0v) is 16.9. The van der Waals surface area contributed by atoms with Gasteiger partial charge in [-0.3, -0.25) is 24.3 Å². The Morgan fingerprint density at radius 1 is 0.893 bits per heavy atom. The van der Waals surface area contributed by atoms with Crippen molar-refractivity contribution in [3.63, 3.8) is 0 Å². The topological polar surface area (TPSA) is 89.9 Å². The van der Waals surface area contributed by atoms with Crippen molar-refractivity contribution in [3.05, 3.63) is 54.1 Å². The Balaban J connectivity index is 1.67. The van der Waals surface area contributed by atoms with Gasteiger partial charge in [0, 0.05) is 64.8 Å². The minimum atomic E-state index is -4.22. The first-order valence-electron chi connectivity index (χ1n) is 9.36. The molecule has 1 saturated heterocycles. The average molecular weight is 406 g/mol. The predicted octanol–water partition coefficient (Wildman–Crippen LogP) is 0.973. The Morgan fingerprint density at radius 2 is 1.50 bits per heavy atom. The zero-order valence-electron chi connectivity index (χ0n) is 16.1. The van der Waals surface area contributed by atoms with Crippen molar-refractivity contribution >= 4 is 10.1 Å². The standard InChI is InChI=1S/C19H27N5O3S/c1-22-8-10-23(15-17-4-2-3-6-20-17)12-13-24(11-9-22)16-18-14-19(5-7-21-18)28(25,26)27/h2-7,14H,8-13,15-16H2,1H3,(H,25,26,27). The lowest BCUT2D eigenvalue weighted by atomic mass is 10.3. The highest BCUT2D eigenvalue weighted by Crippen LogP contribution is 2.12. The molecule has 2 aromatic heterocycles. The molecule has 1 aliphatic rings. The molecule has 1 fully saturated rings. The molecule has 3 heterocycles. The van der Waals surface area contributed by atoms with Crippen molar-refractivity contribution in [2.45, 2.75) is 18.0 Å². The van der Waals surface area contributed by atoms with Crippen LogP contribution in [0.3, 0.4) is 0 Å². The first-order valence-corrected chi connectivity index (χ1v) is 10.8. The first-order chi connectivity index (χ1) is 13.4. The maximum absolute atomic E-state index is 11.4. The van der Waals surface area contributed by atoms with Gasteiger partial charge < -0.3 is 4.90 Å². The van der Waals surface area contributed by atoms with E-state index >= 15 is 0 Å². The number of aromatic nitrogens is 2. The van der Waals surface area contributed by atoms with E-state index in [9.17, 15) is 13.0 Å². The smallest absolute Gasteiger partial charge is 0.294 e. The van der Waals surface area contributed by atoms with E-state index in [0.29, 0.717) is 12.2 Å². The van der Waals surface area contributed by atoms with Crippen LogP contribution in [0.5, 0.6) is 0 Å². The van der Waals surface area contributed by atoms with E-state index < -0.39 is 10.1 Å². The van der Waals surface area contributed by atoms with E-state index in [1.165, 1.54) is 18.3 Å². The predicted molar refractivity (Wildman–Crippen MR) is 106 cm³/mol. The monoisotopic (exact) mass is 405 g/mol. The molecule has 0 amide bonds. The van der Waals surface area contributed by atoms with Crippen molar-refractivity contribution < 1.29 is 13.0 Å². The van der Waals surface area contributed by atoms with E-state index in [0.717, 1.165) is 51.5 Å². The van der Waals surface area contributed by atoms with Crippen LogP contribution >= 0.6 is 0 Å². The second-order valence-electron chi connectivity index (χ2n) is 7.13. The minimum Gasteiger partial charge on any atom is -0.304 e. The lowest BCUT2D eigenvalue weighted by Gasteiger charge is -2.25. The maximum atomic E-state index is 11.4. The van der Waals surface area contributed by atoms with E-state index in [1.54, 1.807) is 0 Å². The Hall–Kier alpha value is -1.91. The van der Waals surface area contributed by atoms with Gasteiger partial charge in [0.1, 0.15) is 0 Å². The lowest BCUT2D eigenvalue weighted by molar-refractivity contribution is 0.206. The third-order valence-corrected chi connectivity index (χ3v) is 5.76. The molecule has 1 aliphatic heterocycles. The molecule has 0 radical (unpaired) electrons. The Labute approximate surface area is 166 Å². The molecule has 0 atom stereocenters. The third kappa shape index (κ3) is 6.32. The Bertz CT molecular complexity index is 863. The Morgan fingerprint density at radius 3 is 2.11 bits per heavy atom. The summed E-state index contributed by atoms with van der Waals surface area (Å²) < 4.78 is 32.0. The number of nitrogens with zero attached hydrogens (tertiary/aromatic N) is 5. The summed E-state index contributed by atoms with van der Waals surface area (Å²) in [6.07, 6.45) is 3.24. The quantitative estimate of drug-likeness (QED) is 0.736. The van der Waals surface area contributed by atoms with Crippen LogP contribution in [0, 0.1) is 0 Å². The third-order valence-electron chi connectivity index (χ3n) is 4.91. The van der Waals surface area contributed by atoms with Gasteiger partial charge in [-0.2, -0.15) is 8.42 Å². The van der Waals surface area contributed by atoms with Crippen LogP contribution in [0.25, 0.3) is 0 Å². The number of hydrogen-bond donors (Lipinski definition) is 1. The molecular formula is C19H27N5O3S. The van der Waals surface area contributed by atoms with Crippen LogP contribution in [-0.4, -0.2) is 84.0 Å². The number of rotatable bonds is 5. The summed E-state index contributed by atoms with van der Waals surface area (Å²) in [4.78, 5) is 15.5. The molecule has 2 aromatic rings. The molecule has 3 rings (SSSR count). The fourth-order valence-corrected chi connectivity index (χ4v) is 3.73. The fraction of sp³-hybridized carbons (Fsp3) is 0.474. The highest BCUT2D eigenvalue weighted by Gasteiger charge is 2.17. The number of hydrogen-bond acceptors (Lipinski definition) is 7. The van der Waals surface area contributed by atoms with Crippen LogP contribution in [0.2, 0.25) is 0 Å². The highest BCUT2D eigenvalue weighted by atomic mass is 32.2. The average Bonchev–Trinajstić information content (AvgIpc) is 2.75. The highest BCUT2D eigenvalue weighted by molar-refractivity contribution is 7.85. The first kappa shape index (κ1) is 20.8. The van der Waals surface area contributed by atoms with Gasteiger partial charge in [0.05, 0.1) is 16.3 Å². The van der Waals surface area contributed by atoms with Crippen molar-refractivity contribution in [2.24, 2.45) is 0 Å². The van der Waals surface area contributed by atoms with Gasteiger partial charge in [0.25, 0.3) is 10.1 Å². The summed E-state index contributed by atoms with van der Waals surface area (Å²) in [5, 5.41) is 0. The van der Waals surface area contributed by atoms with Gasteiger partial charge in [-0.05, 0) is 31.3 Å². The van der Waals surface area contributed by atoms with E-state index in [1.807, 2.05) is 24.4 Å². The molecule has 0 unspecified atom stereocenters. The van der Waals surface area contributed by atoms with Gasteiger partial charge in [-0.1, -0.05) is 6.07 Å². The molecule has 152 valence electrons. The van der Waals surface area contributed by atoms with Crippen molar-refractivity contribution in [1.29, 1.82) is 0 Å². The molecule has 8 nitrogen and oxygen atoms in total. The molecule has 28 heavy (non-hydrogen) atoms. The molecule has 0 spiro atoms. The molecule has 0 aromatic carbocycles. The SMILES string of the molecule is CN1CCN(Cc2ccccn2)CCN(Cc2cc(S(=O)(=O)O)ccn2)CC1. The summed E-state index contributed by atoms with van der Waals surface area (Å²) >= 11 is 0. The second kappa shape index (κ2) is 9.53. The summed E-state index contributed by atoms with van der Waals surface area (Å²) in [5.74, 6) is 0. The van der Waals surface area contributed by atoms with Crippen LogP contribution in [0.1, 0.15) is 11.4 Å². The van der Waals surface area contributed by atoms with Gasteiger partial charge in [0.15, 0.2) is 0 Å². The molecular weight excluding hydrogens is 378 g/mol. The second-order valence-corrected chi connectivity index (χ2v) is 8.56. The minimum absolute atomic E-state index is 0.115. The van der Waals surface area contributed by atoms with Gasteiger partial charge >= 0.3 is 0 Å². The van der Waals surface area contributed by atoms with Crippen molar-refractivity contribution in [2.75, 3.05) is 46.3 Å². The molecule has 0 bridgehead atoms. The van der Waals surface area contributed by atoms with E-state index in [-0.39, 0.29) is 4.90 Å². The fourth-order valence-electron chi connectivity index (χ4n) is 3.21. The molecule has 0 aliphatic carbocycles. The summed E-state index contributed by atoms with van der Waals surface area (Å²) in [6, 6.07) is 8.71. The van der Waals surface area contributed by atoms with Gasteiger partial charge in [-0.25, -0.2) is 0 Å². The molecule has 1 N–H and O–H groups in total. The van der Waals surface area contributed by atoms with E-state index in [2.05, 4.69) is 31.7 Å². The number of pyridine rings is 2. The van der Waals surface area contributed by atoms with Gasteiger partial charge in [0.2, 0.25) is 0 Å². The summed E-state index contributed by atoms with van der Waals surface area (Å²) in [6.45, 7) is 6.82. The molecule has 9 heteroatoms. The van der Waals surface area contributed by atoms with Crippen molar-refractivity contribution in [3.8, 4) is 0 Å². The van der Waals surface area contributed by atoms with Crippen LogP contribution in [0.4, 0.5) is 0 Å². The maximum Gasteiger partial charge on any atom is 0.294 e. The summed E-state index contributed by atoms with van der Waals surface area (Å²) in [5.41, 5.74) is 1.69. The normalized spacial score (nSPS) is 18.4. The largest absolute Gasteiger partial charge is 0.304 e. The van der Waals surface area contributed by atoms with Crippen molar-refractivity contribution in [1.82, 2.24) is 24.7 Å². The zero-order chi connectivity index (χ0) is 20.0. The number of likely N-dealkylation sites (N-methyl/N-ethyl adjacent to an activating group) is 1. The van der Waals surface area contributed by atoms with Gasteiger partial charge in [-0.15, -0.1) is 0 Å².